The molecule has 2 rings (SSSR count). The number of carboxylic acids is 1. The van der Waals surface area contributed by atoms with E-state index in [0.29, 0.717) is 30.1 Å². The third-order valence-corrected chi connectivity index (χ3v) is 3.02. The highest BCUT2D eigenvalue weighted by molar-refractivity contribution is 5.69. The minimum Gasteiger partial charge on any atom is -0.481 e. The van der Waals surface area contributed by atoms with E-state index in [1.807, 2.05) is 0 Å². The molecule has 1 atom stereocenters. The number of nitrogens with zero attached hydrogens (tertiary/aromatic N) is 3. The molecule has 0 fully saturated rings. The van der Waals surface area contributed by atoms with Gasteiger partial charge in [0.05, 0.1) is 10.8 Å². The first-order chi connectivity index (χ1) is 9.97. The molecule has 8 nitrogen and oxygen atoms in total. The predicted octanol–water partition coefficient (Wildman–Crippen LogP) is 2.30. The smallest absolute Gasteiger partial charge is 0.306 e. The number of carbonyl (C=O) groups is 1. The maximum Gasteiger partial charge on any atom is 0.306 e. The summed E-state index contributed by atoms with van der Waals surface area (Å²) in [5.41, 5.74) is 0.583. The van der Waals surface area contributed by atoms with Gasteiger partial charge in [-0.2, -0.15) is 4.98 Å². The van der Waals surface area contributed by atoms with Gasteiger partial charge in [-0.15, -0.1) is 0 Å². The van der Waals surface area contributed by atoms with Gasteiger partial charge in [-0.05, 0) is 18.6 Å². The number of nitro benzene ring substituents is 1. The van der Waals surface area contributed by atoms with Crippen LogP contribution >= 0.6 is 0 Å². The number of non-ortho nitro benzene ring substituents is 1. The summed E-state index contributed by atoms with van der Waals surface area (Å²) in [4.78, 5) is 24.9. The third kappa shape index (κ3) is 3.62. The van der Waals surface area contributed by atoms with Gasteiger partial charge in [0.1, 0.15) is 0 Å². The van der Waals surface area contributed by atoms with Crippen molar-refractivity contribution >= 4 is 11.7 Å². The molecular formula is C13H13N3O5. The molecule has 0 radical (unpaired) electrons. The fraction of sp³-hybridized carbons (Fsp3) is 0.308. The van der Waals surface area contributed by atoms with E-state index in [-0.39, 0.29) is 5.69 Å². The van der Waals surface area contributed by atoms with Crippen LogP contribution in [-0.2, 0) is 11.2 Å². The molecule has 0 aliphatic rings. The Labute approximate surface area is 119 Å². The van der Waals surface area contributed by atoms with Crippen molar-refractivity contribution in [1.82, 2.24) is 10.1 Å². The van der Waals surface area contributed by atoms with Gasteiger partial charge in [-0.25, -0.2) is 0 Å². The van der Waals surface area contributed by atoms with Crippen LogP contribution < -0.4 is 0 Å². The summed E-state index contributed by atoms with van der Waals surface area (Å²) in [6.07, 6.45) is 0.769. The summed E-state index contributed by atoms with van der Waals surface area (Å²) in [5.74, 6) is -0.691. The highest BCUT2D eigenvalue weighted by atomic mass is 16.6. The highest BCUT2D eigenvalue weighted by Crippen LogP contribution is 2.20. The van der Waals surface area contributed by atoms with Crippen molar-refractivity contribution < 1.29 is 19.3 Å². The Morgan fingerprint density at radius 1 is 1.43 bits per heavy atom. The normalized spacial score (nSPS) is 12.0. The van der Waals surface area contributed by atoms with Crippen LogP contribution in [0.4, 0.5) is 5.69 Å². The number of aliphatic carboxylic acids is 1. The van der Waals surface area contributed by atoms with Gasteiger partial charge in [-0.3, -0.25) is 14.9 Å². The molecule has 110 valence electrons. The van der Waals surface area contributed by atoms with E-state index in [9.17, 15) is 14.9 Å². The fourth-order valence-corrected chi connectivity index (χ4v) is 1.67. The third-order valence-electron chi connectivity index (χ3n) is 3.02. The molecule has 0 aliphatic heterocycles. The van der Waals surface area contributed by atoms with Crippen LogP contribution in [0, 0.1) is 16.0 Å². The van der Waals surface area contributed by atoms with E-state index < -0.39 is 16.8 Å². The van der Waals surface area contributed by atoms with Crippen LogP contribution in [0.25, 0.3) is 11.4 Å². The van der Waals surface area contributed by atoms with Crippen molar-refractivity contribution in [2.45, 2.75) is 19.8 Å². The van der Waals surface area contributed by atoms with Gasteiger partial charge in [0.25, 0.3) is 5.69 Å². The molecule has 1 unspecified atom stereocenters. The molecule has 21 heavy (non-hydrogen) atoms. The Balaban J connectivity index is 2.05. The van der Waals surface area contributed by atoms with Gasteiger partial charge < -0.3 is 9.63 Å². The molecular weight excluding hydrogens is 278 g/mol. The van der Waals surface area contributed by atoms with Gasteiger partial charge in [0.15, 0.2) is 0 Å². The van der Waals surface area contributed by atoms with E-state index in [1.54, 1.807) is 6.92 Å². The molecule has 0 spiro atoms. The van der Waals surface area contributed by atoms with Crippen molar-refractivity contribution in [3.05, 3.63) is 40.3 Å². The molecule has 0 amide bonds. The second-order valence-electron chi connectivity index (χ2n) is 4.59. The number of benzene rings is 1. The van der Waals surface area contributed by atoms with E-state index in [1.165, 1.54) is 24.3 Å². The summed E-state index contributed by atoms with van der Waals surface area (Å²) < 4.78 is 5.04. The van der Waals surface area contributed by atoms with Crippen LogP contribution in [0.3, 0.4) is 0 Å². The maximum atomic E-state index is 10.7. The Morgan fingerprint density at radius 3 is 2.67 bits per heavy atom. The van der Waals surface area contributed by atoms with E-state index in [0.717, 1.165) is 0 Å². The number of nitro groups is 1. The molecule has 1 aromatic carbocycles. The molecule has 1 heterocycles. The van der Waals surface area contributed by atoms with Crippen LogP contribution in [0.1, 0.15) is 19.2 Å². The van der Waals surface area contributed by atoms with E-state index >= 15 is 0 Å². The summed E-state index contributed by atoms with van der Waals surface area (Å²) >= 11 is 0. The minimum atomic E-state index is -0.870. The van der Waals surface area contributed by atoms with Crippen molar-refractivity contribution in [2.75, 3.05) is 0 Å². The van der Waals surface area contributed by atoms with Crippen LogP contribution in [0.2, 0.25) is 0 Å². The van der Waals surface area contributed by atoms with Crippen molar-refractivity contribution in [1.29, 1.82) is 0 Å². The lowest BCUT2D eigenvalue weighted by Crippen LogP contribution is -2.10. The van der Waals surface area contributed by atoms with E-state index in [2.05, 4.69) is 10.1 Å². The predicted molar refractivity (Wildman–Crippen MR) is 71.5 cm³/mol. The Hall–Kier alpha value is -2.77. The van der Waals surface area contributed by atoms with Gasteiger partial charge in [-0.1, -0.05) is 12.1 Å². The Kier molecular flexibility index (Phi) is 4.27. The molecule has 2 aromatic rings. The summed E-state index contributed by atoms with van der Waals surface area (Å²) in [6, 6.07) is 5.79. The summed E-state index contributed by atoms with van der Waals surface area (Å²) in [5, 5.41) is 23.1. The van der Waals surface area contributed by atoms with Crippen LogP contribution in [0.15, 0.2) is 28.8 Å². The van der Waals surface area contributed by atoms with Crippen LogP contribution in [-0.4, -0.2) is 26.1 Å². The number of carboxylic acid groups (broad SMARTS) is 1. The second-order valence-corrected chi connectivity index (χ2v) is 4.59. The molecule has 0 bridgehead atoms. The first-order valence-electron chi connectivity index (χ1n) is 6.27. The molecule has 0 saturated carbocycles. The number of rotatable bonds is 6. The van der Waals surface area contributed by atoms with Crippen molar-refractivity contribution in [2.24, 2.45) is 5.92 Å². The average molecular weight is 291 g/mol. The topological polar surface area (TPSA) is 119 Å². The van der Waals surface area contributed by atoms with Gasteiger partial charge in [0.2, 0.25) is 11.7 Å². The molecule has 0 saturated heterocycles. The minimum absolute atomic E-state index is 0.0160. The first-order valence-corrected chi connectivity index (χ1v) is 6.27. The Morgan fingerprint density at radius 2 is 2.10 bits per heavy atom. The number of hydrogen-bond donors (Lipinski definition) is 1. The summed E-state index contributed by atoms with van der Waals surface area (Å²) in [7, 11) is 0. The van der Waals surface area contributed by atoms with Gasteiger partial charge >= 0.3 is 5.97 Å². The highest BCUT2D eigenvalue weighted by Gasteiger charge is 2.15. The average Bonchev–Trinajstić information content (AvgIpc) is 2.93. The van der Waals surface area contributed by atoms with E-state index in [4.69, 9.17) is 9.63 Å². The quantitative estimate of drug-likeness (QED) is 0.640. The lowest BCUT2D eigenvalue weighted by atomic mass is 10.1. The largest absolute Gasteiger partial charge is 0.481 e. The Bertz CT molecular complexity index is 650. The number of aromatic nitrogens is 2. The zero-order chi connectivity index (χ0) is 15.4. The second kappa shape index (κ2) is 6.12. The van der Waals surface area contributed by atoms with Crippen molar-refractivity contribution in [3.8, 4) is 11.4 Å². The zero-order valence-corrected chi connectivity index (χ0v) is 11.2. The molecule has 0 aliphatic carbocycles. The maximum absolute atomic E-state index is 10.7. The summed E-state index contributed by atoms with van der Waals surface area (Å²) in [6.45, 7) is 1.61. The molecule has 1 aromatic heterocycles. The van der Waals surface area contributed by atoms with Crippen LogP contribution in [0.5, 0.6) is 0 Å². The van der Waals surface area contributed by atoms with Gasteiger partial charge in [0, 0.05) is 24.1 Å². The molecule has 1 N–H and O–H groups in total. The monoisotopic (exact) mass is 291 g/mol. The standard InChI is InChI=1S/C13H13N3O5/c1-8(13(17)18)2-7-11-14-12(15-21-11)9-3-5-10(6-4-9)16(19)20/h3-6,8H,2,7H2,1H3,(H,17,18). The lowest BCUT2D eigenvalue weighted by Gasteiger charge is -2.01. The zero-order valence-electron chi connectivity index (χ0n) is 11.2. The SMILES string of the molecule is CC(CCc1nc(-c2ccc([N+](=O)[O-])cc2)no1)C(=O)O. The number of aryl methyl sites for hydroxylation is 1. The number of hydrogen-bond acceptors (Lipinski definition) is 6. The molecule has 8 heteroatoms. The van der Waals surface area contributed by atoms with Crippen molar-refractivity contribution in [3.63, 3.8) is 0 Å². The first kappa shape index (κ1) is 14.6. The lowest BCUT2D eigenvalue weighted by molar-refractivity contribution is -0.384. The fourth-order valence-electron chi connectivity index (χ4n) is 1.67.